The zero-order valence-electron chi connectivity index (χ0n) is 15.9. The van der Waals surface area contributed by atoms with Crippen LogP contribution in [-0.4, -0.2) is 17.3 Å². The van der Waals surface area contributed by atoms with Crippen molar-refractivity contribution in [1.29, 1.82) is 0 Å². The van der Waals surface area contributed by atoms with Gasteiger partial charge < -0.3 is 24.4 Å². The Morgan fingerprint density at radius 1 is 0.690 bits per heavy atom. The minimum absolute atomic E-state index is 0.0764. The zero-order valence-corrected chi connectivity index (χ0v) is 17.5. The molecule has 0 amide bonds. The summed E-state index contributed by atoms with van der Waals surface area (Å²) in [6.07, 6.45) is 0. The molecule has 2 aromatic carbocycles. The van der Waals surface area contributed by atoms with Crippen molar-refractivity contribution in [1.82, 2.24) is 0 Å². The number of methoxy groups -OCH3 is 1. The van der Waals surface area contributed by atoms with E-state index < -0.39 is 0 Å². The molecule has 0 atom stereocenters. The molecule has 150 valence electrons. The van der Waals surface area contributed by atoms with Gasteiger partial charge in [0.2, 0.25) is 0 Å². The average molecular weight is 429 g/mol. The second-order valence-electron chi connectivity index (χ2n) is 5.86. The molecule has 0 spiro atoms. The van der Waals surface area contributed by atoms with E-state index in [0.717, 1.165) is 28.7 Å². The molecular formula is C22H20O5S2. The maximum atomic E-state index is 8.67. The van der Waals surface area contributed by atoms with E-state index in [9.17, 15) is 0 Å². The molecule has 1 aliphatic heterocycles. The molecule has 0 fully saturated rings. The molecule has 5 nitrogen and oxygen atoms in total. The van der Waals surface area contributed by atoms with Gasteiger partial charge in [-0.3, -0.25) is 0 Å². The number of aromatic hydroxyl groups is 2. The SMILES string of the molecule is COc1cscc1C.Oc1ccccc1O.c1ccc2c(c1)Oc1cscc1O2. The van der Waals surface area contributed by atoms with Crippen molar-refractivity contribution in [3.8, 4) is 40.2 Å². The number of ether oxygens (including phenoxy) is 3. The summed E-state index contributed by atoms with van der Waals surface area (Å²) in [6, 6.07) is 13.8. The fourth-order valence-electron chi connectivity index (χ4n) is 2.30. The van der Waals surface area contributed by atoms with E-state index >= 15 is 0 Å². The molecule has 3 heterocycles. The lowest BCUT2D eigenvalue weighted by atomic mass is 10.3. The zero-order chi connectivity index (χ0) is 20.6. The van der Waals surface area contributed by atoms with Crippen molar-refractivity contribution in [3.63, 3.8) is 0 Å². The second-order valence-corrected chi connectivity index (χ2v) is 7.35. The third-order valence-electron chi connectivity index (χ3n) is 3.79. The highest BCUT2D eigenvalue weighted by Crippen LogP contribution is 2.46. The first kappa shape index (κ1) is 20.6. The maximum absolute atomic E-state index is 8.67. The first-order valence-electron chi connectivity index (χ1n) is 8.63. The van der Waals surface area contributed by atoms with E-state index in [-0.39, 0.29) is 11.5 Å². The van der Waals surface area contributed by atoms with Crippen molar-refractivity contribution in [2.45, 2.75) is 6.92 Å². The van der Waals surface area contributed by atoms with E-state index in [4.69, 9.17) is 24.4 Å². The van der Waals surface area contributed by atoms with Crippen LogP contribution in [0, 0.1) is 6.92 Å². The van der Waals surface area contributed by atoms with E-state index in [1.165, 1.54) is 17.7 Å². The van der Waals surface area contributed by atoms with Crippen molar-refractivity contribution in [3.05, 3.63) is 75.6 Å². The molecular weight excluding hydrogens is 408 g/mol. The van der Waals surface area contributed by atoms with Gasteiger partial charge in [-0.15, -0.1) is 22.7 Å². The predicted molar refractivity (Wildman–Crippen MR) is 116 cm³/mol. The van der Waals surface area contributed by atoms with Gasteiger partial charge >= 0.3 is 0 Å². The van der Waals surface area contributed by atoms with Gasteiger partial charge in [-0.05, 0) is 36.6 Å². The summed E-state index contributed by atoms with van der Waals surface area (Å²) in [5, 5.41) is 25.3. The third kappa shape index (κ3) is 5.43. The van der Waals surface area contributed by atoms with E-state index in [1.807, 2.05) is 47.3 Å². The van der Waals surface area contributed by atoms with Gasteiger partial charge in [-0.1, -0.05) is 24.3 Å². The molecule has 0 unspecified atom stereocenters. The highest BCUT2D eigenvalue weighted by Gasteiger charge is 2.18. The van der Waals surface area contributed by atoms with Crippen LogP contribution < -0.4 is 14.2 Å². The Bertz CT molecular complexity index is 994. The normalized spacial score (nSPS) is 10.6. The molecule has 1 aliphatic rings. The minimum atomic E-state index is -0.0764. The number of hydrogen-bond acceptors (Lipinski definition) is 7. The molecule has 29 heavy (non-hydrogen) atoms. The van der Waals surface area contributed by atoms with Gasteiger partial charge in [0.05, 0.1) is 7.11 Å². The van der Waals surface area contributed by atoms with Crippen LogP contribution in [0.3, 0.4) is 0 Å². The lowest BCUT2D eigenvalue weighted by molar-refractivity contribution is 0.362. The molecule has 2 aromatic heterocycles. The monoisotopic (exact) mass is 428 g/mol. The van der Waals surface area contributed by atoms with Crippen LogP contribution >= 0.6 is 22.7 Å². The maximum Gasteiger partial charge on any atom is 0.180 e. The molecule has 0 radical (unpaired) electrons. The summed E-state index contributed by atoms with van der Waals surface area (Å²) < 4.78 is 16.2. The van der Waals surface area contributed by atoms with E-state index in [1.54, 1.807) is 41.9 Å². The summed E-state index contributed by atoms with van der Waals surface area (Å²) in [5.41, 5.74) is 1.22. The van der Waals surface area contributed by atoms with Gasteiger partial charge in [-0.25, -0.2) is 0 Å². The number of rotatable bonds is 1. The van der Waals surface area contributed by atoms with Crippen LogP contribution in [0.5, 0.6) is 40.2 Å². The summed E-state index contributed by atoms with van der Waals surface area (Å²) >= 11 is 3.24. The highest BCUT2D eigenvalue weighted by molar-refractivity contribution is 7.08. The summed E-state index contributed by atoms with van der Waals surface area (Å²) in [5.74, 6) is 4.03. The van der Waals surface area contributed by atoms with Crippen molar-refractivity contribution in [2.24, 2.45) is 0 Å². The number of fused-ring (bicyclic) bond motifs is 2. The quantitative estimate of drug-likeness (QED) is 0.287. The number of thiophene rings is 2. The van der Waals surface area contributed by atoms with Gasteiger partial charge in [0, 0.05) is 21.7 Å². The number of hydrogen-bond donors (Lipinski definition) is 2. The summed E-state index contributed by atoms with van der Waals surface area (Å²) in [4.78, 5) is 0. The summed E-state index contributed by atoms with van der Waals surface area (Å²) in [7, 11) is 1.69. The predicted octanol–water partition coefficient (Wildman–Crippen LogP) is 6.81. The molecule has 4 aromatic rings. The molecule has 0 bridgehead atoms. The Morgan fingerprint density at radius 3 is 1.55 bits per heavy atom. The molecule has 7 heteroatoms. The Labute approximate surface area is 177 Å². The van der Waals surface area contributed by atoms with Crippen LogP contribution in [-0.2, 0) is 0 Å². The molecule has 2 N–H and O–H groups in total. The number of benzene rings is 2. The first-order valence-corrected chi connectivity index (χ1v) is 10.5. The minimum Gasteiger partial charge on any atom is -0.504 e. The van der Waals surface area contributed by atoms with Gasteiger partial charge in [0.1, 0.15) is 5.75 Å². The fourth-order valence-corrected chi connectivity index (χ4v) is 3.74. The van der Waals surface area contributed by atoms with Crippen LogP contribution in [0.15, 0.2) is 70.1 Å². The third-order valence-corrected chi connectivity index (χ3v) is 5.33. The topological polar surface area (TPSA) is 68.2 Å². The number of phenols is 2. The Hall–Kier alpha value is -3.16. The largest absolute Gasteiger partial charge is 0.504 e. The van der Waals surface area contributed by atoms with Crippen LogP contribution in [0.4, 0.5) is 0 Å². The highest BCUT2D eigenvalue weighted by atomic mass is 32.1. The first-order chi connectivity index (χ1) is 14.1. The van der Waals surface area contributed by atoms with Gasteiger partial charge in [0.25, 0.3) is 0 Å². The summed E-state index contributed by atoms with van der Waals surface area (Å²) in [6.45, 7) is 2.04. The number of aryl methyl sites for hydroxylation is 1. The van der Waals surface area contributed by atoms with E-state index in [0.29, 0.717) is 0 Å². The second kappa shape index (κ2) is 9.86. The molecule has 0 saturated heterocycles. The van der Waals surface area contributed by atoms with Crippen LogP contribution in [0.1, 0.15) is 5.56 Å². The molecule has 0 aliphatic carbocycles. The number of phenolic OH excluding ortho intramolecular Hbond substituents is 2. The van der Waals surface area contributed by atoms with Gasteiger partial charge in [-0.2, -0.15) is 0 Å². The standard InChI is InChI=1S/C10H6O2S.C6H6O2.C6H8OS/c1-2-4-8-7(3-1)11-9-5-13-6-10(9)12-8;7-5-3-1-2-4-6(5)8;1-5-3-8-4-6(5)7-2/h1-6H;1-4,7-8H;3-4H,1-2H3. The lowest BCUT2D eigenvalue weighted by Crippen LogP contribution is -1.95. The van der Waals surface area contributed by atoms with E-state index in [2.05, 4.69) is 5.38 Å². The van der Waals surface area contributed by atoms with Crippen LogP contribution in [0.25, 0.3) is 0 Å². The number of para-hydroxylation sites is 4. The molecule has 0 saturated carbocycles. The smallest absolute Gasteiger partial charge is 0.180 e. The van der Waals surface area contributed by atoms with Crippen molar-refractivity contribution in [2.75, 3.05) is 7.11 Å². The Balaban J connectivity index is 0.000000132. The Morgan fingerprint density at radius 2 is 1.17 bits per heavy atom. The average Bonchev–Trinajstić information content (AvgIpc) is 3.37. The Kier molecular flexibility index (Phi) is 6.99. The molecule has 5 rings (SSSR count). The van der Waals surface area contributed by atoms with Crippen LogP contribution in [0.2, 0.25) is 0 Å². The fraction of sp³-hybridized carbons (Fsp3) is 0.0909. The lowest BCUT2D eigenvalue weighted by Gasteiger charge is -2.16. The van der Waals surface area contributed by atoms with Crippen molar-refractivity contribution < 1.29 is 24.4 Å². The van der Waals surface area contributed by atoms with Crippen molar-refractivity contribution >= 4 is 22.7 Å². The van der Waals surface area contributed by atoms with Gasteiger partial charge in [0.15, 0.2) is 34.5 Å².